The zero-order valence-electron chi connectivity index (χ0n) is 20.8. The van der Waals surface area contributed by atoms with Gasteiger partial charge in [0.1, 0.15) is 5.02 Å². The number of benzene rings is 1. The molecule has 1 N–H and O–H groups in total. The van der Waals surface area contributed by atoms with Crippen molar-refractivity contribution in [3.63, 3.8) is 0 Å². The Kier molecular flexibility index (Phi) is 6.24. The molecule has 4 saturated carbocycles. The third kappa shape index (κ3) is 4.48. The average molecular weight is 578 g/mol. The lowest BCUT2D eigenvalue weighted by molar-refractivity contribution is -0.389. The molecule has 2 heterocycles. The van der Waals surface area contributed by atoms with E-state index >= 15 is 0 Å². The maximum atomic E-state index is 13.3. The lowest BCUT2D eigenvalue weighted by atomic mass is 9.46. The van der Waals surface area contributed by atoms with Crippen LogP contribution in [0.4, 0.5) is 11.6 Å². The van der Waals surface area contributed by atoms with E-state index in [4.69, 9.17) is 34.8 Å². The highest BCUT2D eigenvalue weighted by molar-refractivity contribution is 6.33. The van der Waals surface area contributed by atoms with Crippen LogP contribution in [0.2, 0.25) is 15.1 Å². The molecule has 9 nitrogen and oxygen atoms in total. The van der Waals surface area contributed by atoms with Crippen molar-refractivity contribution in [1.82, 2.24) is 19.6 Å². The quantitative estimate of drug-likeness (QED) is 0.250. The molecule has 0 radical (unpaired) electrons. The molecule has 0 spiro atoms. The summed E-state index contributed by atoms with van der Waals surface area (Å²) in [6, 6.07) is 7.48. The fraction of sp³-hybridized carbons (Fsp3) is 0.500. The predicted octanol–water partition coefficient (Wildman–Crippen LogP) is 6.63. The first-order valence-corrected chi connectivity index (χ1v) is 13.9. The smallest absolute Gasteiger partial charge is 0.358 e. The second kappa shape index (κ2) is 9.24. The highest BCUT2D eigenvalue weighted by Gasteiger charge is 2.61. The third-order valence-corrected chi connectivity index (χ3v) is 9.54. The van der Waals surface area contributed by atoms with Crippen molar-refractivity contribution in [2.75, 3.05) is 5.32 Å². The number of hydrogen-bond donors (Lipinski definition) is 1. The Bertz CT molecular complexity index is 1420. The number of nitrogens with zero attached hydrogens (tertiary/aromatic N) is 5. The first kappa shape index (κ1) is 25.6. The maximum Gasteiger partial charge on any atom is 0.408 e. The molecule has 0 saturated heterocycles. The van der Waals surface area contributed by atoms with Crippen LogP contribution in [0, 0.1) is 34.3 Å². The van der Waals surface area contributed by atoms with Gasteiger partial charge in [0.25, 0.3) is 0 Å². The molecule has 1 amide bonds. The molecular weight excluding hydrogens is 551 g/mol. The Balaban J connectivity index is 1.20. The van der Waals surface area contributed by atoms with E-state index in [9.17, 15) is 14.9 Å². The Morgan fingerprint density at radius 3 is 2.45 bits per heavy atom. The van der Waals surface area contributed by atoms with E-state index in [1.54, 1.807) is 17.8 Å². The summed E-state index contributed by atoms with van der Waals surface area (Å²) in [7, 11) is 0. The van der Waals surface area contributed by atoms with Crippen LogP contribution >= 0.6 is 34.8 Å². The normalized spacial score (nSPS) is 27.6. The molecule has 4 aliphatic rings. The van der Waals surface area contributed by atoms with Crippen molar-refractivity contribution in [3.05, 3.63) is 66.9 Å². The Labute approximate surface area is 234 Å². The second-order valence-electron chi connectivity index (χ2n) is 11.5. The molecule has 2 aromatic heterocycles. The van der Waals surface area contributed by atoms with Gasteiger partial charge in [-0.15, -0.1) is 0 Å². The molecule has 12 heteroatoms. The van der Waals surface area contributed by atoms with Gasteiger partial charge in [-0.2, -0.15) is 9.78 Å². The topological polar surface area (TPSA) is 108 Å². The van der Waals surface area contributed by atoms with Crippen molar-refractivity contribution in [2.45, 2.75) is 64.0 Å². The SMILES string of the molecule is Cc1c(Cl)c([N+](=O)[O-])nn1C12CC3CC(CC(CC(=O)Nc4nn(Cc5ccc(Cl)cc5)cc4Cl)(C3)C1)C2. The molecule has 4 bridgehead atoms. The molecule has 2 atom stereocenters. The minimum Gasteiger partial charge on any atom is -0.358 e. The van der Waals surface area contributed by atoms with Gasteiger partial charge in [0, 0.05) is 17.6 Å². The zero-order valence-corrected chi connectivity index (χ0v) is 23.1. The standard InChI is InChI=1S/C26H27Cl3N6O3/c1-15-22(29)24(35(37)38)32-34(15)26-9-17-6-18(10-26)8-25(7-17,14-26)11-21(36)30-23-20(28)13-33(31-23)12-16-2-4-19(27)5-3-16/h2-5,13,17-18H,6-12,14H2,1H3,(H,30,31,36). The third-order valence-electron chi connectivity index (χ3n) is 8.57. The lowest BCUT2D eigenvalue weighted by Gasteiger charge is -2.61. The van der Waals surface area contributed by atoms with Crippen LogP contribution in [-0.4, -0.2) is 30.4 Å². The minimum atomic E-state index is -0.522. The van der Waals surface area contributed by atoms with Gasteiger partial charge in [0.2, 0.25) is 5.91 Å². The summed E-state index contributed by atoms with van der Waals surface area (Å²) in [5.74, 6) is 0.827. The van der Waals surface area contributed by atoms with Crippen molar-refractivity contribution >= 4 is 52.3 Å². The number of carbonyl (C=O) groups excluding carboxylic acids is 1. The number of nitro groups is 1. The van der Waals surface area contributed by atoms with Gasteiger partial charge in [-0.05, 0) is 85.3 Å². The molecule has 0 aliphatic heterocycles. The minimum absolute atomic E-state index is 0.0985. The Morgan fingerprint density at radius 2 is 1.82 bits per heavy atom. The van der Waals surface area contributed by atoms with E-state index in [-0.39, 0.29) is 27.7 Å². The van der Waals surface area contributed by atoms with E-state index in [1.807, 2.05) is 28.9 Å². The summed E-state index contributed by atoms with van der Waals surface area (Å²) in [4.78, 5) is 24.3. The Hall–Kier alpha value is -2.62. The van der Waals surface area contributed by atoms with Crippen molar-refractivity contribution < 1.29 is 9.72 Å². The number of hydrogen-bond acceptors (Lipinski definition) is 5. The molecule has 1 aromatic carbocycles. The van der Waals surface area contributed by atoms with Crippen LogP contribution in [0.5, 0.6) is 0 Å². The Morgan fingerprint density at radius 1 is 1.13 bits per heavy atom. The van der Waals surface area contributed by atoms with Gasteiger partial charge in [0.15, 0.2) is 10.8 Å². The molecule has 7 rings (SSSR count). The van der Waals surface area contributed by atoms with E-state index in [1.165, 1.54) is 0 Å². The predicted molar refractivity (Wildman–Crippen MR) is 145 cm³/mol. The summed E-state index contributed by atoms with van der Waals surface area (Å²) in [6.45, 7) is 2.29. The molecular formula is C26H27Cl3N6O3. The second-order valence-corrected chi connectivity index (χ2v) is 12.7. The molecule has 4 aliphatic carbocycles. The average Bonchev–Trinajstić information content (AvgIpc) is 3.32. The van der Waals surface area contributed by atoms with Crippen LogP contribution in [0.1, 0.15) is 56.2 Å². The summed E-state index contributed by atoms with van der Waals surface area (Å²) >= 11 is 18.7. The highest BCUT2D eigenvalue weighted by Crippen LogP contribution is 2.65. The fourth-order valence-corrected chi connectivity index (χ4v) is 8.27. The van der Waals surface area contributed by atoms with Gasteiger partial charge in [0.05, 0.1) is 22.9 Å². The molecule has 3 aromatic rings. The summed E-state index contributed by atoms with van der Waals surface area (Å²) < 4.78 is 3.50. The molecule has 38 heavy (non-hydrogen) atoms. The summed E-state index contributed by atoms with van der Waals surface area (Å²) in [6.07, 6.45) is 7.66. The molecule has 200 valence electrons. The van der Waals surface area contributed by atoms with E-state index < -0.39 is 4.92 Å². The van der Waals surface area contributed by atoms with Crippen molar-refractivity contribution in [2.24, 2.45) is 17.3 Å². The summed E-state index contributed by atoms with van der Waals surface area (Å²) in [5.41, 5.74) is 1.08. The first-order valence-electron chi connectivity index (χ1n) is 12.7. The highest BCUT2D eigenvalue weighted by atomic mass is 35.5. The number of amides is 1. The maximum absolute atomic E-state index is 13.3. The number of aromatic nitrogens is 4. The van der Waals surface area contributed by atoms with Gasteiger partial charge >= 0.3 is 5.82 Å². The molecule has 4 fully saturated rings. The van der Waals surface area contributed by atoms with Crippen LogP contribution < -0.4 is 5.32 Å². The zero-order chi connectivity index (χ0) is 26.8. The van der Waals surface area contributed by atoms with Crippen LogP contribution in [-0.2, 0) is 16.9 Å². The fourth-order valence-electron chi connectivity index (χ4n) is 7.76. The number of carbonyl (C=O) groups is 1. The van der Waals surface area contributed by atoms with Gasteiger partial charge in [-0.25, -0.2) is 0 Å². The van der Waals surface area contributed by atoms with Crippen LogP contribution in [0.3, 0.4) is 0 Å². The van der Waals surface area contributed by atoms with Gasteiger partial charge in [-0.1, -0.05) is 46.9 Å². The summed E-state index contributed by atoms with van der Waals surface area (Å²) in [5, 5.41) is 24.5. The van der Waals surface area contributed by atoms with Crippen LogP contribution in [0.15, 0.2) is 30.5 Å². The number of anilines is 1. The van der Waals surface area contributed by atoms with Crippen molar-refractivity contribution in [3.8, 4) is 0 Å². The van der Waals surface area contributed by atoms with Crippen LogP contribution in [0.25, 0.3) is 0 Å². The first-order chi connectivity index (χ1) is 18.0. The van der Waals surface area contributed by atoms with E-state index in [0.29, 0.717) is 46.4 Å². The van der Waals surface area contributed by atoms with E-state index in [2.05, 4.69) is 15.5 Å². The lowest BCUT2D eigenvalue weighted by Crippen LogP contribution is -2.57. The number of rotatable bonds is 7. The van der Waals surface area contributed by atoms with Gasteiger partial charge in [-0.3, -0.25) is 9.48 Å². The number of nitrogens with one attached hydrogen (secondary N) is 1. The van der Waals surface area contributed by atoms with Gasteiger partial charge < -0.3 is 15.4 Å². The number of halogens is 3. The monoisotopic (exact) mass is 576 g/mol. The van der Waals surface area contributed by atoms with Crippen molar-refractivity contribution in [1.29, 1.82) is 0 Å². The molecule has 2 unspecified atom stereocenters. The van der Waals surface area contributed by atoms with E-state index in [0.717, 1.165) is 44.1 Å². The largest absolute Gasteiger partial charge is 0.408 e.